The lowest BCUT2D eigenvalue weighted by Crippen LogP contribution is -2.53. The first-order chi connectivity index (χ1) is 13.4. The van der Waals surface area contributed by atoms with Crippen molar-refractivity contribution >= 4 is 23.4 Å². The van der Waals surface area contributed by atoms with Crippen LogP contribution in [0, 0.1) is 5.82 Å². The summed E-state index contributed by atoms with van der Waals surface area (Å²) in [5.74, 6) is -0.765. The van der Waals surface area contributed by atoms with Crippen LogP contribution < -0.4 is 0 Å². The molecule has 0 bridgehead atoms. The van der Waals surface area contributed by atoms with E-state index in [2.05, 4.69) is 0 Å². The number of hydrogen-bond donors (Lipinski definition) is 1. The van der Waals surface area contributed by atoms with Crippen molar-refractivity contribution in [3.63, 3.8) is 0 Å². The molecule has 4 rings (SSSR count). The fraction of sp³-hybridized carbons (Fsp3) is 0.333. The molecule has 0 radical (unpaired) electrons. The average molecular weight is 403 g/mol. The minimum absolute atomic E-state index is 0.125. The summed E-state index contributed by atoms with van der Waals surface area (Å²) >= 11 is 5.79. The minimum atomic E-state index is -1.17. The van der Waals surface area contributed by atoms with Gasteiger partial charge in [0.15, 0.2) is 0 Å². The van der Waals surface area contributed by atoms with E-state index in [-0.39, 0.29) is 11.8 Å². The molecule has 28 heavy (non-hydrogen) atoms. The van der Waals surface area contributed by atoms with Crippen LogP contribution in [0.15, 0.2) is 42.5 Å². The van der Waals surface area contributed by atoms with Crippen molar-refractivity contribution < 1.29 is 19.1 Å². The number of carbonyl (C=O) groups is 2. The van der Waals surface area contributed by atoms with Gasteiger partial charge in [0.1, 0.15) is 11.4 Å². The van der Waals surface area contributed by atoms with Gasteiger partial charge >= 0.3 is 0 Å². The smallest absolute Gasteiger partial charge is 0.254 e. The third kappa shape index (κ3) is 3.62. The van der Waals surface area contributed by atoms with Crippen LogP contribution in [0.1, 0.15) is 23.2 Å². The number of carbonyl (C=O) groups excluding carboxylic acids is 2. The van der Waals surface area contributed by atoms with E-state index in [1.54, 1.807) is 46.2 Å². The second-order valence-corrected chi connectivity index (χ2v) is 7.75. The highest BCUT2D eigenvalue weighted by Crippen LogP contribution is 2.37. The SMILES string of the molecule is O=C(c1ccc(-c2ccc(Cl)cc2F)cc1)N1CCN(C(=O)C2(O)CC2)CC1. The molecule has 2 aliphatic rings. The number of piperazine rings is 1. The molecule has 1 saturated heterocycles. The maximum Gasteiger partial charge on any atom is 0.254 e. The zero-order valence-electron chi connectivity index (χ0n) is 15.2. The molecule has 0 unspecified atom stereocenters. The largest absolute Gasteiger partial charge is 0.380 e. The zero-order valence-corrected chi connectivity index (χ0v) is 16.0. The van der Waals surface area contributed by atoms with Crippen LogP contribution in [0.2, 0.25) is 5.02 Å². The third-order valence-corrected chi connectivity index (χ3v) is 5.58. The molecular weight excluding hydrogens is 383 g/mol. The first-order valence-electron chi connectivity index (χ1n) is 9.24. The van der Waals surface area contributed by atoms with E-state index in [0.717, 1.165) is 0 Å². The molecule has 5 nitrogen and oxygen atoms in total. The van der Waals surface area contributed by atoms with E-state index in [4.69, 9.17) is 11.6 Å². The lowest BCUT2D eigenvalue weighted by atomic mass is 10.0. The van der Waals surface area contributed by atoms with Crippen molar-refractivity contribution in [1.29, 1.82) is 0 Å². The molecule has 2 aromatic rings. The highest BCUT2D eigenvalue weighted by atomic mass is 35.5. The van der Waals surface area contributed by atoms with Gasteiger partial charge in [-0.05, 0) is 48.7 Å². The Balaban J connectivity index is 1.41. The molecule has 146 valence electrons. The first kappa shape index (κ1) is 18.9. The molecule has 2 amide bonds. The summed E-state index contributed by atoms with van der Waals surface area (Å²) in [6, 6.07) is 11.3. The Kier molecular flexibility index (Phi) is 4.85. The lowest BCUT2D eigenvalue weighted by molar-refractivity contribution is -0.143. The van der Waals surface area contributed by atoms with E-state index < -0.39 is 11.4 Å². The number of nitrogens with zero attached hydrogens (tertiary/aromatic N) is 2. The first-order valence-corrected chi connectivity index (χ1v) is 9.62. The topological polar surface area (TPSA) is 60.9 Å². The summed E-state index contributed by atoms with van der Waals surface area (Å²) in [5.41, 5.74) is 0.435. The quantitative estimate of drug-likeness (QED) is 0.858. The van der Waals surface area contributed by atoms with Gasteiger partial charge in [-0.25, -0.2) is 4.39 Å². The molecule has 1 aliphatic carbocycles. The van der Waals surface area contributed by atoms with Crippen molar-refractivity contribution in [2.45, 2.75) is 18.4 Å². The lowest BCUT2D eigenvalue weighted by Gasteiger charge is -2.35. The Morgan fingerprint density at radius 2 is 1.57 bits per heavy atom. The zero-order chi connectivity index (χ0) is 19.9. The molecule has 0 aromatic heterocycles. The molecule has 7 heteroatoms. The van der Waals surface area contributed by atoms with Crippen LogP contribution in [0.25, 0.3) is 11.1 Å². The fourth-order valence-corrected chi connectivity index (χ4v) is 3.60. The highest BCUT2D eigenvalue weighted by molar-refractivity contribution is 6.30. The van der Waals surface area contributed by atoms with Crippen molar-refractivity contribution in [3.05, 3.63) is 58.9 Å². The van der Waals surface area contributed by atoms with Crippen molar-refractivity contribution in [3.8, 4) is 11.1 Å². The minimum Gasteiger partial charge on any atom is -0.380 e. The molecule has 0 atom stereocenters. The van der Waals surface area contributed by atoms with Crippen LogP contribution in [-0.2, 0) is 4.79 Å². The van der Waals surface area contributed by atoms with Gasteiger partial charge < -0.3 is 14.9 Å². The number of halogens is 2. The van der Waals surface area contributed by atoms with Crippen LogP contribution >= 0.6 is 11.6 Å². The number of hydrogen-bond acceptors (Lipinski definition) is 3. The number of aliphatic hydroxyl groups is 1. The summed E-state index contributed by atoms with van der Waals surface area (Å²) < 4.78 is 14.1. The average Bonchev–Trinajstić information content (AvgIpc) is 3.46. The number of rotatable bonds is 3. The fourth-order valence-electron chi connectivity index (χ4n) is 3.44. The third-order valence-electron chi connectivity index (χ3n) is 5.35. The van der Waals surface area contributed by atoms with E-state index in [0.29, 0.717) is 60.7 Å². The van der Waals surface area contributed by atoms with E-state index in [9.17, 15) is 19.1 Å². The summed E-state index contributed by atoms with van der Waals surface area (Å²) in [6.07, 6.45) is 1.04. The van der Waals surface area contributed by atoms with Gasteiger partial charge in [0.2, 0.25) is 0 Å². The predicted molar refractivity (Wildman–Crippen MR) is 104 cm³/mol. The summed E-state index contributed by atoms with van der Waals surface area (Å²) in [4.78, 5) is 28.2. The van der Waals surface area contributed by atoms with Gasteiger partial charge in [-0.1, -0.05) is 23.7 Å². The predicted octanol–water partition coefficient (Wildman–Crippen LogP) is 2.96. The Bertz CT molecular complexity index is 920. The monoisotopic (exact) mass is 402 g/mol. The highest BCUT2D eigenvalue weighted by Gasteiger charge is 2.50. The van der Waals surface area contributed by atoms with Crippen molar-refractivity contribution in [1.82, 2.24) is 9.80 Å². The van der Waals surface area contributed by atoms with E-state index in [1.807, 2.05) is 0 Å². The molecule has 1 aliphatic heterocycles. The second-order valence-electron chi connectivity index (χ2n) is 7.32. The second kappa shape index (κ2) is 7.18. The Hall–Kier alpha value is -2.44. The van der Waals surface area contributed by atoms with Crippen molar-refractivity contribution in [2.24, 2.45) is 0 Å². The van der Waals surface area contributed by atoms with E-state index >= 15 is 0 Å². The van der Waals surface area contributed by atoms with Crippen LogP contribution in [0.3, 0.4) is 0 Å². The molecule has 0 spiro atoms. The number of amides is 2. The van der Waals surface area contributed by atoms with Crippen LogP contribution in [-0.4, -0.2) is 58.5 Å². The summed E-state index contributed by atoms with van der Waals surface area (Å²) in [5, 5.41) is 10.3. The van der Waals surface area contributed by atoms with E-state index in [1.165, 1.54) is 6.07 Å². The normalized spacial score (nSPS) is 18.1. The van der Waals surface area contributed by atoms with Gasteiger partial charge in [0.25, 0.3) is 11.8 Å². The van der Waals surface area contributed by atoms with Crippen LogP contribution in [0.4, 0.5) is 4.39 Å². The van der Waals surface area contributed by atoms with Gasteiger partial charge in [-0.15, -0.1) is 0 Å². The molecule has 1 saturated carbocycles. The summed E-state index contributed by atoms with van der Waals surface area (Å²) in [6.45, 7) is 1.68. The molecular formula is C21H20ClFN2O3. The standard InChI is InChI=1S/C21H20ClFN2O3/c22-16-5-6-17(18(23)13-16)14-1-3-15(4-2-14)19(26)24-9-11-25(12-10-24)20(27)21(28)7-8-21/h1-6,13,28H,7-12H2. The maximum atomic E-state index is 14.1. The van der Waals surface area contributed by atoms with Gasteiger partial charge in [0.05, 0.1) is 0 Å². The molecule has 2 fully saturated rings. The van der Waals surface area contributed by atoms with Gasteiger partial charge in [-0.2, -0.15) is 0 Å². The molecule has 1 heterocycles. The Labute approximate surface area is 167 Å². The summed E-state index contributed by atoms with van der Waals surface area (Å²) in [7, 11) is 0. The molecule has 1 N–H and O–H groups in total. The van der Waals surface area contributed by atoms with Crippen molar-refractivity contribution in [2.75, 3.05) is 26.2 Å². The molecule has 2 aromatic carbocycles. The maximum absolute atomic E-state index is 14.1. The Morgan fingerprint density at radius 1 is 0.964 bits per heavy atom. The van der Waals surface area contributed by atoms with Gasteiger partial charge in [0, 0.05) is 42.3 Å². The van der Waals surface area contributed by atoms with Crippen LogP contribution in [0.5, 0.6) is 0 Å². The van der Waals surface area contributed by atoms with Gasteiger partial charge in [-0.3, -0.25) is 9.59 Å². The Morgan fingerprint density at radius 3 is 2.14 bits per heavy atom. The number of benzene rings is 2.